The highest BCUT2D eigenvalue weighted by Gasteiger charge is 2.04. The van der Waals surface area contributed by atoms with Gasteiger partial charge in [-0.2, -0.15) is 0 Å². The first-order valence-electron chi connectivity index (χ1n) is 8.65. The van der Waals surface area contributed by atoms with Crippen LogP contribution in [0.2, 0.25) is 0 Å². The quantitative estimate of drug-likeness (QED) is 0.563. The van der Waals surface area contributed by atoms with E-state index in [1.165, 1.54) is 50.5 Å². The van der Waals surface area contributed by atoms with Crippen molar-refractivity contribution in [2.45, 2.75) is 71.6 Å². The number of aryl methyl sites for hydroxylation is 1. The van der Waals surface area contributed by atoms with E-state index >= 15 is 0 Å². The van der Waals surface area contributed by atoms with Crippen LogP contribution in [0.3, 0.4) is 0 Å². The number of hydrogen-bond donors (Lipinski definition) is 1. The van der Waals surface area contributed by atoms with Gasteiger partial charge < -0.3 is 5.32 Å². The van der Waals surface area contributed by atoms with Crippen molar-refractivity contribution in [3.8, 4) is 0 Å². The van der Waals surface area contributed by atoms with Crippen LogP contribution in [0.1, 0.15) is 81.1 Å². The first kappa shape index (κ1) is 17.7. The summed E-state index contributed by atoms with van der Waals surface area (Å²) in [6, 6.07) is 8.05. The molecule has 0 aliphatic rings. The molecular formula is C19H31NO. The summed E-state index contributed by atoms with van der Waals surface area (Å²) in [6.45, 7) is 5.22. The van der Waals surface area contributed by atoms with E-state index in [1.54, 1.807) is 0 Å². The van der Waals surface area contributed by atoms with Gasteiger partial charge in [-0.05, 0) is 37.0 Å². The van der Waals surface area contributed by atoms with Gasteiger partial charge in [0, 0.05) is 12.1 Å². The molecule has 0 radical (unpaired) electrons. The normalized spacial score (nSPS) is 10.6. The average molecular weight is 289 g/mol. The molecule has 0 aliphatic carbocycles. The summed E-state index contributed by atoms with van der Waals surface area (Å²) in [6.07, 6.45) is 11.1. The van der Waals surface area contributed by atoms with Crippen molar-refractivity contribution in [2.75, 3.05) is 6.54 Å². The summed E-state index contributed by atoms with van der Waals surface area (Å²) in [5.41, 5.74) is 2.10. The average Bonchev–Trinajstić information content (AvgIpc) is 2.52. The van der Waals surface area contributed by atoms with Crippen molar-refractivity contribution in [1.82, 2.24) is 5.32 Å². The van der Waals surface area contributed by atoms with Crippen molar-refractivity contribution >= 4 is 5.91 Å². The fraction of sp³-hybridized carbons (Fsp3) is 0.632. The number of amides is 1. The smallest absolute Gasteiger partial charge is 0.251 e. The van der Waals surface area contributed by atoms with Crippen LogP contribution >= 0.6 is 0 Å². The Bertz CT molecular complexity index is 383. The molecule has 0 unspecified atom stereocenters. The monoisotopic (exact) mass is 289 g/mol. The first-order chi connectivity index (χ1) is 10.3. The molecule has 0 spiro atoms. The molecule has 1 N–H and O–H groups in total. The van der Waals surface area contributed by atoms with Gasteiger partial charge in [-0.15, -0.1) is 0 Å². The molecule has 21 heavy (non-hydrogen) atoms. The predicted octanol–water partition coefficient (Wildman–Crippen LogP) is 5.12. The maximum atomic E-state index is 12.0. The standard InChI is InChI=1S/C19H31NO/c1-3-5-7-8-9-10-16-20-19(21)18-14-12-17(13-15-18)11-6-4-2/h12-15H,3-11,16H2,1-2H3,(H,20,21). The fourth-order valence-electron chi connectivity index (χ4n) is 2.41. The minimum absolute atomic E-state index is 0.0607. The van der Waals surface area contributed by atoms with Crippen molar-refractivity contribution in [1.29, 1.82) is 0 Å². The lowest BCUT2D eigenvalue weighted by molar-refractivity contribution is 0.0953. The van der Waals surface area contributed by atoms with Crippen LogP contribution in [-0.4, -0.2) is 12.5 Å². The van der Waals surface area contributed by atoms with E-state index in [-0.39, 0.29) is 5.91 Å². The molecule has 0 aliphatic heterocycles. The summed E-state index contributed by atoms with van der Waals surface area (Å²) in [5, 5.41) is 3.01. The Kier molecular flexibility index (Phi) is 9.60. The zero-order valence-electron chi connectivity index (χ0n) is 13.8. The highest BCUT2D eigenvalue weighted by molar-refractivity contribution is 5.94. The maximum Gasteiger partial charge on any atom is 0.251 e. The molecule has 118 valence electrons. The third-order valence-electron chi connectivity index (χ3n) is 3.85. The van der Waals surface area contributed by atoms with Crippen molar-refractivity contribution in [3.63, 3.8) is 0 Å². The molecule has 1 amide bonds. The van der Waals surface area contributed by atoms with Gasteiger partial charge in [0.1, 0.15) is 0 Å². The minimum Gasteiger partial charge on any atom is -0.352 e. The summed E-state index contributed by atoms with van der Waals surface area (Å²) >= 11 is 0. The van der Waals surface area contributed by atoms with E-state index in [4.69, 9.17) is 0 Å². The molecule has 0 heterocycles. The molecule has 1 aromatic carbocycles. The van der Waals surface area contributed by atoms with Crippen LogP contribution < -0.4 is 5.32 Å². The van der Waals surface area contributed by atoms with Crippen LogP contribution in [0.25, 0.3) is 0 Å². The summed E-state index contributed by atoms with van der Waals surface area (Å²) < 4.78 is 0. The lowest BCUT2D eigenvalue weighted by atomic mass is 10.1. The van der Waals surface area contributed by atoms with Crippen LogP contribution in [-0.2, 0) is 6.42 Å². The number of hydrogen-bond acceptors (Lipinski definition) is 1. The molecule has 2 heteroatoms. The van der Waals surface area contributed by atoms with Gasteiger partial charge in [-0.3, -0.25) is 4.79 Å². The van der Waals surface area contributed by atoms with Gasteiger partial charge in [0.05, 0.1) is 0 Å². The number of unbranched alkanes of at least 4 members (excludes halogenated alkanes) is 6. The van der Waals surface area contributed by atoms with E-state index in [2.05, 4.69) is 31.3 Å². The Morgan fingerprint density at radius 3 is 2.14 bits per heavy atom. The molecule has 1 aromatic rings. The molecule has 0 bridgehead atoms. The molecule has 0 aromatic heterocycles. The van der Waals surface area contributed by atoms with Crippen LogP contribution in [0.4, 0.5) is 0 Å². The van der Waals surface area contributed by atoms with Crippen molar-refractivity contribution < 1.29 is 4.79 Å². The number of carbonyl (C=O) groups excluding carboxylic acids is 1. The van der Waals surface area contributed by atoms with Crippen LogP contribution in [0.5, 0.6) is 0 Å². The van der Waals surface area contributed by atoms with E-state index in [1.807, 2.05) is 12.1 Å². The second kappa shape index (κ2) is 11.4. The summed E-state index contributed by atoms with van der Waals surface area (Å²) in [5.74, 6) is 0.0607. The molecule has 0 fully saturated rings. The van der Waals surface area contributed by atoms with E-state index in [0.29, 0.717) is 0 Å². The molecule has 0 atom stereocenters. The van der Waals surface area contributed by atoms with E-state index < -0.39 is 0 Å². The summed E-state index contributed by atoms with van der Waals surface area (Å²) in [7, 11) is 0. The lowest BCUT2D eigenvalue weighted by Crippen LogP contribution is -2.24. The number of benzene rings is 1. The third kappa shape index (κ3) is 7.89. The second-order valence-electron chi connectivity index (χ2n) is 5.82. The predicted molar refractivity (Wildman–Crippen MR) is 90.8 cm³/mol. The Labute approximate surface area is 130 Å². The Hall–Kier alpha value is -1.31. The van der Waals surface area contributed by atoms with E-state index in [0.717, 1.165) is 24.9 Å². The highest BCUT2D eigenvalue weighted by Crippen LogP contribution is 2.08. The number of rotatable bonds is 11. The SMILES string of the molecule is CCCCCCCCNC(=O)c1ccc(CCCC)cc1. The van der Waals surface area contributed by atoms with Gasteiger partial charge >= 0.3 is 0 Å². The molecular weight excluding hydrogens is 258 g/mol. The topological polar surface area (TPSA) is 29.1 Å². The van der Waals surface area contributed by atoms with Crippen LogP contribution in [0.15, 0.2) is 24.3 Å². The number of carbonyl (C=O) groups is 1. The lowest BCUT2D eigenvalue weighted by Gasteiger charge is -2.06. The van der Waals surface area contributed by atoms with Crippen molar-refractivity contribution in [2.24, 2.45) is 0 Å². The zero-order valence-corrected chi connectivity index (χ0v) is 13.8. The van der Waals surface area contributed by atoms with Gasteiger partial charge in [-0.25, -0.2) is 0 Å². The third-order valence-corrected chi connectivity index (χ3v) is 3.85. The minimum atomic E-state index is 0.0607. The van der Waals surface area contributed by atoms with Gasteiger partial charge in [0.2, 0.25) is 0 Å². The van der Waals surface area contributed by atoms with Gasteiger partial charge in [0.15, 0.2) is 0 Å². The van der Waals surface area contributed by atoms with Crippen LogP contribution in [0, 0.1) is 0 Å². The highest BCUT2D eigenvalue weighted by atomic mass is 16.1. The Morgan fingerprint density at radius 2 is 1.48 bits per heavy atom. The zero-order chi connectivity index (χ0) is 15.3. The van der Waals surface area contributed by atoms with Gasteiger partial charge in [0.25, 0.3) is 5.91 Å². The first-order valence-corrected chi connectivity index (χ1v) is 8.65. The second-order valence-corrected chi connectivity index (χ2v) is 5.82. The van der Waals surface area contributed by atoms with Crippen molar-refractivity contribution in [3.05, 3.63) is 35.4 Å². The summed E-state index contributed by atoms with van der Waals surface area (Å²) in [4.78, 5) is 12.0. The Balaban J connectivity index is 2.19. The molecule has 1 rings (SSSR count). The fourth-order valence-corrected chi connectivity index (χ4v) is 2.41. The molecule has 2 nitrogen and oxygen atoms in total. The maximum absolute atomic E-state index is 12.0. The van der Waals surface area contributed by atoms with Gasteiger partial charge in [-0.1, -0.05) is 64.5 Å². The van der Waals surface area contributed by atoms with E-state index in [9.17, 15) is 4.79 Å². The molecule has 0 saturated carbocycles. The number of nitrogens with one attached hydrogen (secondary N) is 1. The largest absolute Gasteiger partial charge is 0.352 e. The molecule has 0 saturated heterocycles. The Morgan fingerprint density at radius 1 is 0.857 bits per heavy atom.